The smallest absolute Gasteiger partial charge is 0.332 e. The highest BCUT2D eigenvalue weighted by Gasteiger charge is 2.01. The standard InChI is InChI=1S/C9H10ClNO3/c1-13-6-9(12)14-5-7-2-3-8(10)11-4-7/h2-4H,5-6H2,1H3. The van der Waals surface area contributed by atoms with Gasteiger partial charge in [0.15, 0.2) is 0 Å². The Labute approximate surface area is 86.8 Å². The zero-order valence-corrected chi connectivity index (χ0v) is 8.45. The third-order valence-electron chi connectivity index (χ3n) is 1.45. The van der Waals surface area contributed by atoms with Crippen molar-refractivity contribution in [2.24, 2.45) is 0 Å². The number of methoxy groups -OCH3 is 1. The molecular weight excluding hydrogens is 206 g/mol. The number of ether oxygens (including phenoxy) is 2. The first kappa shape index (κ1) is 10.9. The lowest BCUT2D eigenvalue weighted by molar-refractivity contribution is -0.149. The van der Waals surface area contributed by atoms with E-state index in [-0.39, 0.29) is 13.2 Å². The molecule has 0 saturated carbocycles. The van der Waals surface area contributed by atoms with Gasteiger partial charge in [0.05, 0.1) is 0 Å². The number of carbonyl (C=O) groups excluding carboxylic acids is 1. The van der Waals surface area contributed by atoms with Crippen molar-refractivity contribution >= 4 is 17.6 Å². The van der Waals surface area contributed by atoms with Gasteiger partial charge in [-0.1, -0.05) is 17.7 Å². The van der Waals surface area contributed by atoms with Gasteiger partial charge in [0, 0.05) is 18.9 Å². The summed E-state index contributed by atoms with van der Waals surface area (Å²) in [6.45, 7) is 0.146. The van der Waals surface area contributed by atoms with Crippen LogP contribution in [0.3, 0.4) is 0 Å². The minimum atomic E-state index is -0.401. The SMILES string of the molecule is COCC(=O)OCc1ccc(Cl)nc1. The van der Waals surface area contributed by atoms with E-state index in [2.05, 4.69) is 9.72 Å². The zero-order valence-electron chi connectivity index (χ0n) is 7.70. The van der Waals surface area contributed by atoms with Crippen molar-refractivity contribution in [2.75, 3.05) is 13.7 Å². The number of rotatable bonds is 4. The summed E-state index contributed by atoms with van der Waals surface area (Å²) in [4.78, 5) is 14.7. The lowest BCUT2D eigenvalue weighted by Gasteiger charge is -2.03. The predicted molar refractivity (Wildman–Crippen MR) is 50.9 cm³/mol. The van der Waals surface area contributed by atoms with Crippen molar-refractivity contribution in [3.8, 4) is 0 Å². The molecule has 1 aromatic heterocycles. The van der Waals surface area contributed by atoms with Crippen molar-refractivity contribution in [3.63, 3.8) is 0 Å². The Morgan fingerprint density at radius 1 is 1.57 bits per heavy atom. The highest BCUT2D eigenvalue weighted by molar-refractivity contribution is 6.29. The number of nitrogens with zero attached hydrogens (tertiary/aromatic N) is 1. The van der Waals surface area contributed by atoms with E-state index in [0.29, 0.717) is 5.15 Å². The fourth-order valence-corrected chi connectivity index (χ4v) is 0.927. The van der Waals surface area contributed by atoms with Crippen LogP contribution >= 0.6 is 11.6 Å². The number of aromatic nitrogens is 1. The van der Waals surface area contributed by atoms with E-state index in [4.69, 9.17) is 16.3 Å². The lowest BCUT2D eigenvalue weighted by Crippen LogP contribution is -2.10. The molecule has 0 atom stereocenters. The molecule has 14 heavy (non-hydrogen) atoms. The van der Waals surface area contributed by atoms with Gasteiger partial charge in [0.2, 0.25) is 0 Å². The molecule has 0 bridgehead atoms. The molecule has 0 aliphatic rings. The molecule has 0 fully saturated rings. The normalized spacial score (nSPS) is 9.86. The van der Waals surface area contributed by atoms with Crippen molar-refractivity contribution in [2.45, 2.75) is 6.61 Å². The molecule has 0 amide bonds. The minimum absolute atomic E-state index is 0.0407. The average molecular weight is 216 g/mol. The monoisotopic (exact) mass is 215 g/mol. The highest BCUT2D eigenvalue weighted by Crippen LogP contribution is 2.06. The minimum Gasteiger partial charge on any atom is -0.459 e. The molecule has 0 spiro atoms. The van der Waals surface area contributed by atoms with Crippen LogP contribution in [0.5, 0.6) is 0 Å². The van der Waals surface area contributed by atoms with Crippen LogP contribution in [0.25, 0.3) is 0 Å². The second kappa shape index (κ2) is 5.57. The molecule has 0 saturated heterocycles. The first-order valence-corrected chi connectivity index (χ1v) is 4.35. The molecule has 4 nitrogen and oxygen atoms in total. The Balaban J connectivity index is 2.38. The van der Waals surface area contributed by atoms with Crippen LogP contribution in [0.2, 0.25) is 5.15 Å². The molecule has 76 valence electrons. The number of hydrogen-bond acceptors (Lipinski definition) is 4. The van der Waals surface area contributed by atoms with Crippen molar-refractivity contribution in [3.05, 3.63) is 29.0 Å². The van der Waals surface area contributed by atoms with Crippen LogP contribution in [0.1, 0.15) is 5.56 Å². The summed E-state index contributed by atoms with van der Waals surface area (Å²) < 4.78 is 9.46. The second-order valence-corrected chi connectivity index (χ2v) is 2.97. The maximum atomic E-state index is 10.9. The molecule has 0 radical (unpaired) electrons. The van der Waals surface area contributed by atoms with Crippen molar-refractivity contribution < 1.29 is 14.3 Å². The van der Waals surface area contributed by atoms with Crippen LogP contribution in [0, 0.1) is 0 Å². The molecule has 0 aromatic carbocycles. The van der Waals surface area contributed by atoms with Gasteiger partial charge in [0.1, 0.15) is 18.4 Å². The molecule has 1 aromatic rings. The Bertz CT molecular complexity index is 299. The number of halogens is 1. The maximum absolute atomic E-state index is 10.9. The molecule has 1 heterocycles. The van der Waals surface area contributed by atoms with Gasteiger partial charge in [-0.05, 0) is 6.07 Å². The summed E-state index contributed by atoms with van der Waals surface area (Å²) in [5.74, 6) is -0.401. The average Bonchev–Trinajstić information content (AvgIpc) is 2.17. The Kier molecular flexibility index (Phi) is 4.35. The summed E-state index contributed by atoms with van der Waals surface area (Å²) in [6, 6.07) is 3.39. The first-order valence-electron chi connectivity index (χ1n) is 3.97. The number of esters is 1. The largest absolute Gasteiger partial charge is 0.459 e. The number of pyridine rings is 1. The molecule has 0 aliphatic carbocycles. The van der Waals surface area contributed by atoms with E-state index < -0.39 is 5.97 Å². The molecule has 1 rings (SSSR count). The molecule has 0 unspecified atom stereocenters. The highest BCUT2D eigenvalue weighted by atomic mass is 35.5. The first-order chi connectivity index (χ1) is 6.72. The lowest BCUT2D eigenvalue weighted by atomic mass is 10.3. The third kappa shape index (κ3) is 3.72. The van der Waals surface area contributed by atoms with E-state index >= 15 is 0 Å². The maximum Gasteiger partial charge on any atom is 0.332 e. The summed E-state index contributed by atoms with van der Waals surface area (Å²) >= 11 is 5.59. The van der Waals surface area contributed by atoms with Crippen LogP contribution < -0.4 is 0 Å². The van der Waals surface area contributed by atoms with Crippen LogP contribution in [-0.2, 0) is 20.9 Å². The summed E-state index contributed by atoms with van der Waals surface area (Å²) in [5.41, 5.74) is 0.791. The third-order valence-corrected chi connectivity index (χ3v) is 1.67. The Morgan fingerprint density at radius 2 is 2.36 bits per heavy atom. The van der Waals surface area contributed by atoms with E-state index in [1.807, 2.05) is 0 Å². The Morgan fingerprint density at radius 3 is 2.93 bits per heavy atom. The topological polar surface area (TPSA) is 48.4 Å². The van der Waals surface area contributed by atoms with E-state index in [9.17, 15) is 4.79 Å². The molecular formula is C9H10ClNO3. The van der Waals surface area contributed by atoms with E-state index in [0.717, 1.165) is 5.56 Å². The second-order valence-electron chi connectivity index (χ2n) is 2.58. The number of hydrogen-bond donors (Lipinski definition) is 0. The molecule has 5 heteroatoms. The summed E-state index contributed by atoms with van der Waals surface area (Å²) in [7, 11) is 1.44. The fraction of sp³-hybridized carbons (Fsp3) is 0.333. The van der Waals surface area contributed by atoms with Gasteiger partial charge in [0.25, 0.3) is 0 Å². The fourth-order valence-electron chi connectivity index (χ4n) is 0.815. The quantitative estimate of drug-likeness (QED) is 0.563. The van der Waals surface area contributed by atoms with Gasteiger partial charge in [-0.25, -0.2) is 9.78 Å². The summed E-state index contributed by atoms with van der Waals surface area (Å²) in [6.07, 6.45) is 1.56. The van der Waals surface area contributed by atoms with Crippen molar-refractivity contribution in [1.29, 1.82) is 0 Å². The van der Waals surface area contributed by atoms with E-state index in [1.165, 1.54) is 7.11 Å². The zero-order chi connectivity index (χ0) is 10.4. The Hall–Kier alpha value is -1.13. The van der Waals surface area contributed by atoms with Gasteiger partial charge in [-0.15, -0.1) is 0 Å². The summed E-state index contributed by atoms with van der Waals surface area (Å²) in [5, 5.41) is 0.414. The van der Waals surface area contributed by atoms with Gasteiger partial charge in [-0.2, -0.15) is 0 Å². The predicted octanol–water partition coefficient (Wildman–Crippen LogP) is 1.42. The van der Waals surface area contributed by atoms with Gasteiger partial charge in [-0.3, -0.25) is 0 Å². The van der Waals surface area contributed by atoms with Crippen LogP contribution in [0.15, 0.2) is 18.3 Å². The van der Waals surface area contributed by atoms with Crippen LogP contribution in [0.4, 0.5) is 0 Å². The van der Waals surface area contributed by atoms with Crippen molar-refractivity contribution in [1.82, 2.24) is 4.98 Å². The van der Waals surface area contributed by atoms with E-state index in [1.54, 1.807) is 18.3 Å². The molecule has 0 N–H and O–H groups in total. The van der Waals surface area contributed by atoms with Crippen LogP contribution in [-0.4, -0.2) is 24.7 Å². The molecule has 0 aliphatic heterocycles. The van der Waals surface area contributed by atoms with Gasteiger partial charge >= 0.3 is 5.97 Å². The van der Waals surface area contributed by atoms with Gasteiger partial charge < -0.3 is 9.47 Å². The number of carbonyl (C=O) groups is 1.